The Balaban J connectivity index is 1.44. The molecule has 0 atom stereocenters. The fourth-order valence-electron chi connectivity index (χ4n) is 6.53. The van der Waals surface area contributed by atoms with Gasteiger partial charge < -0.3 is 0 Å². The summed E-state index contributed by atoms with van der Waals surface area (Å²) in [5.74, 6) is 2.65. The Bertz CT molecular complexity index is 848. The van der Waals surface area contributed by atoms with Crippen molar-refractivity contribution in [3.63, 3.8) is 0 Å². The highest BCUT2D eigenvalue weighted by Gasteiger charge is 2.54. The van der Waals surface area contributed by atoms with Crippen LogP contribution in [-0.4, -0.2) is 22.8 Å². The molecule has 0 aromatic heterocycles. The second-order valence-electron chi connectivity index (χ2n) is 8.65. The number of fused-ring (bicyclic) bond motifs is 2. The van der Waals surface area contributed by atoms with Crippen LogP contribution in [0.15, 0.2) is 36.4 Å². The Morgan fingerprint density at radius 2 is 1.20 bits per heavy atom. The number of benzene rings is 2. The molecule has 126 valence electrons. The molecule has 0 N–H and O–H groups in total. The van der Waals surface area contributed by atoms with Gasteiger partial charge in [0.1, 0.15) is 0 Å². The number of hydrogen-bond acceptors (Lipinski definition) is 2. The largest absolute Gasteiger partial charge is 0.271 e. The molecule has 0 radical (unpaired) electrons. The number of nitrogens with zero attached hydrogens (tertiary/aromatic N) is 1. The van der Waals surface area contributed by atoms with Crippen molar-refractivity contribution in [2.75, 3.05) is 0 Å². The van der Waals surface area contributed by atoms with Crippen LogP contribution >= 0.6 is 0 Å². The standard InChI is InChI=1S/C22H21NO2/c24-21-18-10-14-3-1-2-4-15(14)11-19(18)22(25)23(21)20-16-6-12-5-13(8-16)9-17(20)7-12/h1-4,10-13,16-17,20H,5-9H2. The lowest BCUT2D eigenvalue weighted by Gasteiger charge is -2.56. The number of rotatable bonds is 1. The molecule has 4 bridgehead atoms. The maximum Gasteiger partial charge on any atom is 0.261 e. The van der Waals surface area contributed by atoms with Gasteiger partial charge in [0.25, 0.3) is 11.8 Å². The molecule has 0 spiro atoms. The Kier molecular flexibility index (Phi) is 2.65. The van der Waals surface area contributed by atoms with E-state index in [1.165, 1.54) is 32.1 Å². The monoisotopic (exact) mass is 331 g/mol. The second-order valence-corrected chi connectivity index (χ2v) is 8.65. The van der Waals surface area contributed by atoms with Gasteiger partial charge in [-0.25, -0.2) is 0 Å². The van der Waals surface area contributed by atoms with Crippen molar-refractivity contribution in [1.29, 1.82) is 0 Å². The average Bonchev–Trinajstić information content (AvgIpc) is 2.84. The molecule has 1 aliphatic heterocycles. The summed E-state index contributed by atoms with van der Waals surface area (Å²) in [4.78, 5) is 28.0. The lowest BCUT2D eigenvalue weighted by Crippen LogP contribution is -2.57. The lowest BCUT2D eigenvalue weighted by atomic mass is 9.54. The van der Waals surface area contributed by atoms with E-state index in [4.69, 9.17) is 0 Å². The van der Waals surface area contributed by atoms with Gasteiger partial charge in [-0.05, 0) is 78.7 Å². The highest BCUT2D eigenvalue weighted by Crippen LogP contribution is 2.56. The molecule has 7 rings (SSSR count). The van der Waals surface area contributed by atoms with Gasteiger partial charge in [0.15, 0.2) is 0 Å². The van der Waals surface area contributed by atoms with E-state index in [0.717, 1.165) is 22.6 Å². The van der Waals surface area contributed by atoms with E-state index in [9.17, 15) is 9.59 Å². The van der Waals surface area contributed by atoms with Gasteiger partial charge in [0.2, 0.25) is 0 Å². The van der Waals surface area contributed by atoms with Gasteiger partial charge >= 0.3 is 0 Å². The fraction of sp³-hybridized carbons (Fsp3) is 0.455. The lowest BCUT2D eigenvalue weighted by molar-refractivity contribution is -0.0466. The number of carbonyl (C=O) groups is 2. The zero-order valence-electron chi connectivity index (χ0n) is 14.2. The van der Waals surface area contributed by atoms with Crippen molar-refractivity contribution in [2.24, 2.45) is 23.7 Å². The fourth-order valence-corrected chi connectivity index (χ4v) is 6.53. The Morgan fingerprint density at radius 1 is 0.720 bits per heavy atom. The van der Waals surface area contributed by atoms with Crippen LogP contribution in [0.2, 0.25) is 0 Å². The van der Waals surface area contributed by atoms with Crippen LogP contribution in [0.1, 0.15) is 52.8 Å². The highest BCUT2D eigenvalue weighted by molar-refractivity contribution is 6.23. The number of hydrogen-bond donors (Lipinski definition) is 0. The van der Waals surface area contributed by atoms with Crippen molar-refractivity contribution >= 4 is 22.6 Å². The molecule has 0 saturated heterocycles. The molecule has 2 aromatic rings. The molecular weight excluding hydrogens is 310 g/mol. The van der Waals surface area contributed by atoms with Crippen LogP contribution in [0, 0.1) is 23.7 Å². The minimum absolute atomic E-state index is 0.0526. The van der Waals surface area contributed by atoms with Crippen LogP contribution in [0.25, 0.3) is 10.8 Å². The van der Waals surface area contributed by atoms with Crippen LogP contribution in [0.5, 0.6) is 0 Å². The summed E-state index contributed by atoms with van der Waals surface area (Å²) < 4.78 is 0. The smallest absolute Gasteiger partial charge is 0.261 e. The van der Waals surface area contributed by atoms with Crippen molar-refractivity contribution in [2.45, 2.75) is 38.1 Å². The van der Waals surface area contributed by atoms with Crippen LogP contribution in [0.4, 0.5) is 0 Å². The molecular formula is C22H21NO2. The molecule has 25 heavy (non-hydrogen) atoms. The first-order valence-electron chi connectivity index (χ1n) is 9.59. The van der Waals surface area contributed by atoms with Crippen LogP contribution in [0.3, 0.4) is 0 Å². The van der Waals surface area contributed by atoms with E-state index in [0.29, 0.717) is 23.0 Å². The minimum atomic E-state index is -0.0526. The zero-order chi connectivity index (χ0) is 16.7. The van der Waals surface area contributed by atoms with Crippen molar-refractivity contribution in [3.05, 3.63) is 47.5 Å². The van der Waals surface area contributed by atoms with Crippen molar-refractivity contribution < 1.29 is 9.59 Å². The summed E-state index contributed by atoms with van der Waals surface area (Å²) in [5.41, 5.74) is 1.22. The summed E-state index contributed by atoms with van der Waals surface area (Å²) in [6, 6.07) is 12.0. The van der Waals surface area contributed by atoms with E-state index >= 15 is 0 Å². The molecule has 4 fully saturated rings. The van der Waals surface area contributed by atoms with Crippen LogP contribution < -0.4 is 0 Å². The number of carbonyl (C=O) groups excluding carboxylic acids is 2. The average molecular weight is 331 g/mol. The van der Waals surface area contributed by atoms with E-state index < -0.39 is 0 Å². The molecule has 2 amide bonds. The van der Waals surface area contributed by atoms with E-state index in [1.807, 2.05) is 36.4 Å². The first-order valence-corrected chi connectivity index (χ1v) is 9.59. The first-order chi connectivity index (χ1) is 12.2. The molecule has 3 heteroatoms. The SMILES string of the molecule is O=C1c2cc3ccccc3cc2C(=O)N1C1C2CC3CC(C2)CC1C3. The second kappa shape index (κ2) is 4.72. The Morgan fingerprint density at radius 3 is 1.68 bits per heavy atom. The molecule has 2 aromatic carbocycles. The van der Waals surface area contributed by atoms with Gasteiger partial charge in [0.05, 0.1) is 11.1 Å². The zero-order valence-corrected chi connectivity index (χ0v) is 14.2. The maximum absolute atomic E-state index is 13.2. The minimum Gasteiger partial charge on any atom is -0.271 e. The van der Waals surface area contributed by atoms with Gasteiger partial charge in [-0.1, -0.05) is 24.3 Å². The van der Waals surface area contributed by atoms with Gasteiger partial charge in [-0.2, -0.15) is 0 Å². The Hall–Kier alpha value is -2.16. The van der Waals surface area contributed by atoms with Crippen molar-refractivity contribution in [1.82, 2.24) is 4.90 Å². The summed E-state index contributed by atoms with van der Waals surface area (Å²) in [6.07, 6.45) is 6.24. The molecule has 3 nitrogen and oxygen atoms in total. The van der Waals surface area contributed by atoms with E-state index in [1.54, 1.807) is 4.90 Å². The summed E-state index contributed by atoms with van der Waals surface area (Å²) in [6.45, 7) is 0. The number of amides is 2. The molecule has 4 aliphatic carbocycles. The molecule has 0 unspecified atom stereocenters. The topological polar surface area (TPSA) is 37.4 Å². The quantitative estimate of drug-likeness (QED) is 0.732. The number of imide groups is 1. The summed E-state index contributed by atoms with van der Waals surface area (Å²) >= 11 is 0. The predicted octanol–water partition coefficient (Wildman–Crippen LogP) is 4.26. The third kappa shape index (κ3) is 1.81. The third-order valence-corrected chi connectivity index (χ3v) is 7.26. The van der Waals surface area contributed by atoms with E-state index in [2.05, 4.69) is 0 Å². The van der Waals surface area contributed by atoms with Crippen molar-refractivity contribution in [3.8, 4) is 0 Å². The Labute approximate surface area is 147 Å². The highest BCUT2D eigenvalue weighted by atomic mass is 16.2. The predicted molar refractivity (Wildman–Crippen MR) is 95.3 cm³/mol. The molecule has 1 heterocycles. The molecule has 4 saturated carbocycles. The van der Waals surface area contributed by atoms with E-state index in [-0.39, 0.29) is 17.9 Å². The third-order valence-electron chi connectivity index (χ3n) is 7.26. The normalized spacial score (nSPS) is 35.7. The van der Waals surface area contributed by atoms with Crippen LogP contribution in [-0.2, 0) is 0 Å². The van der Waals surface area contributed by atoms with Gasteiger partial charge in [0, 0.05) is 6.04 Å². The first kappa shape index (κ1) is 14.1. The molecule has 5 aliphatic rings. The maximum atomic E-state index is 13.2. The van der Waals surface area contributed by atoms with Gasteiger partial charge in [-0.15, -0.1) is 0 Å². The summed E-state index contributed by atoms with van der Waals surface area (Å²) in [7, 11) is 0. The van der Waals surface area contributed by atoms with Gasteiger partial charge in [-0.3, -0.25) is 14.5 Å². The summed E-state index contributed by atoms with van der Waals surface area (Å²) in [5, 5.41) is 2.07.